The highest BCUT2D eigenvalue weighted by Crippen LogP contribution is 2.58. The molecule has 5 fully saturated rings. The monoisotopic (exact) mass is 290 g/mol. The molecule has 21 heavy (non-hydrogen) atoms. The second-order valence-electron chi connectivity index (χ2n) is 9.13. The minimum Gasteiger partial charge on any atom is -0.309 e. The van der Waals surface area contributed by atoms with Gasteiger partial charge in [-0.15, -0.1) is 0 Å². The normalized spacial score (nSPS) is 53.3. The Morgan fingerprint density at radius 1 is 1.00 bits per heavy atom. The van der Waals surface area contributed by atoms with Crippen molar-refractivity contribution >= 4 is 0 Å². The van der Waals surface area contributed by atoms with Gasteiger partial charge in [-0.3, -0.25) is 4.90 Å². The van der Waals surface area contributed by atoms with Crippen molar-refractivity contribution in [2.75, 3.05) is 13.1 Å². The van der Waals surface area contributed by atoms with Gasteiger partial charge in [0.1, 0.15) is 0 Å². The van der Waals surface area contributed by atoms with E-state index in [1.165, 1.54) is 45.2 Å². The van der Waals surface area contributed by atoms with Crippen LogP contribution in [0.5, 0.6) is 0 Å². The Morgan fingerprint density at radius 3 is 2.05 bits per heavy atom. The Labute approximate surface area is 131 Å². The molecule has 0 radical (unpaired) electrons. The van der Waals surface area contributed by atoms with E-state index in [2.05, 4.69) is 31.0 Å². The maximum Gasteiger partial charge on any atom is 0.0278 e. The van der Waals surface area contributed by atoms with Crippen LogP contribution in [0.25, 0.3) is 0 Å². The second-order valence-corrected chi connectivity index (χ2v) is 9.13. The summed E-state index contributed by atoms with van der Waals surface area (Å²) < 4.78 is 0. The summed E-state index contributed by atoms with van der Waals surface area (Å²) >= 11 is 0. The quantitative estimate of drug-likeness (QED) is 0.850. The third-order valence-electron chi connectivity index (χ3n) is 7.59. The van der Waals surface area contributed by atoms with Gasteiger partial charge in [0.25, 0.3) is 0 Å². The lowest BCUT2D eigenvalue weighted by atomic mass is 9.52. The van der Waals surface area contributed by atoms with E-state index in [1.54, 1.807) is 19.3 Å². The molecule has 2 unspecified atom stereocenters. The van der Waals surface area contributed by atoms with Crippen LogP contribution in [0.1, 0.15) is 72.1 Å². The minimum atomic E-state index is 0.342. The highest BCUT2D eigenvalue weighted by molar-refractivity contribution is 5.11. The number of piperazine rings is 1. The Bertz CT molecular complexity index is 369. The molecule has 1 saturated heterocycles. The van der Waals surface area contributed by atoms with E-state index in [0.29, 0.717) is 11.1 Å². The highest BCUT2D eigenvalue weighted by Gasteiger charge is 2.55. The fourth-order valence-electron chi connectivity index (χ4n) is 6.61. The van der Waals surface area contributed by atoms with Crippen LogP contribution in [-0.2, 0) is 0 Å². The van der Waals surface area contributed by atoms with E-state index >= 15 is 0 Å². The van der Waals surface area contributed by atoms with Crippen LogP contribution in [0.2, 0.25) is 0 Å². The van der Waals surface area contributed by atoms with Gasteiger partial charge in [0, 0.05) is 30.2 Å². The van der Waals surface area contributed by atoms with E-state index in [1.807, 2.05) is 0 Å². The number of nitrogens with zero attached hydrogens (tertiary/aromatic N) is 1. The largest absolute Gasteiger partial charge is 0.309 e. The zero-order valence-electron chi connectivity index (χ0n) is 14.3. The van der Waals surface area contributed by atoms with Crippen molar-refractivity contribution in [2.24, 2.45) is 17.8 Å². The van der Waals surface area contributed by atoms with Gasteiger partial charge < -0.3 is 5.32 Å². The molecule has 0 aromatic rings. The molecule has 0 spiro atoms. The van der Waals surface area contributed by atoms with E-state index in [0.717, 1.165) is 23.8 Å². The van der Waals surface area contributed by atoms with Gasteiger partial charge in [0.05, 0.1) is 0 Å². The van der Waals surface area contributed by atoms with Gasteiger partial charge in [-0.25, -0.2) is 0 Å². The predicted molar refractivity (Wildman–Crippen MR) is 88.4 cm³/mol. The van der Waals surface area contributed by atoms with E-state index in [9.17, 15) is 0 Å². The van der Waals surface area contributed by atoms with Crippen molar-refractivity contribution in [3.8, 4) is 0 Å². The summed E-state index contributed by atoms with van der Waals surface area (Å²) in [6, 6.07) is 0.779. The van der Waals surface area contributed by atoms with Crippen molar-refractivity contribution in [1.29, 1.82) is 0 Å². The van der Waals surface area contributed by atoms with Crippen LogP contribution in [-0.4, -0.2) is 35.1 Å². The van der Waals surface area contributed by atoms with Gasteiger partial charge in [-0.05, 0) is 76.0 Å². The highest BCUT2D eigenvalue weighted by atomic mass is 15.3. The van der Waals surface area contributed by atoms with Crippen molar-refractivity contribution < 1.29 is 0 Å². The van der Waals surface area contributed by atoms with Crippen LogP contribution < -0.4 is 5.32 Å². The maximum absolute atomic E-state index is 3.87. The number of rotatable bonds is 3. The number of hydrogen-bond acceptors (Lipinski definition) is 2. The Morgan fingerprint density at radius 2 is 1.57 bits per heavy atom. The van der Waals surface area contributed by atoms with E-state index < -0.39 is 0 Å². The first-order valence-electron chi connectivity index (χ1n) is 9.57. The van der Waals surface area contributed by atoms with Crippen molar-refractivity contribution in [3.63, 3.8) is 0 Å². The zero-order chi connectivity index (χ0) is 14.7. The minimum absolute atomic E-state index is 0.342. The molecule has 1 heterocycles. The van der Waals surface area contributed by atoms with Gasteiger partial charge in [-0.1, -0.05) is 13.8 Å². The fraction of sp³-hybridized carbons (Fsp3) is 1.00. The summed E-state index contributed by atoms with van der Waals surface area (Å²) in [4.78, 5) is 3.03. The molecule has 4 saturated carbocycles. The van der Waals surface area contributed by atoms with Gasteiger partial charge in [0.2, 0.25) is 0 Å². The molecule has 2 nitrogen and oxygen atoms in total. The molecular formula is C19H34N2. The Hall–Kier alpha value is -0.0800. The molecule has 0 amide bonds. The van der Waals surface area contributed by atoms with Gasteiger partial charge in [0.15, 0.2) is 0 Å². The maximum atomic E-state index is 3.87. The first-order chi connectivity index (χ1) is 10.1. The lowest BCUT2D eigenvalue weighted by Gasteiger charge is -2.64. The van der Waals surface area contributed by atoms with Crippen LogP contribution in [0.3, 0.4) is 0 Å². The Balaban J connectivity index is 1.63. The summed E-state index contributed by atoms with van der Waals surface area (Å²) in [6.07, 6.45) is 11.8. The van der Waals surface area contributed by atoms with Crippen molar-refractivity contribution in [2.45, 2.75) is 89.3 Å². The molecule has 0 aromatic heterocycles. The lowest BCUT2D eigenvalue weighted by molar-refractivity contribution is -0.123. The standard InChI is InChI=1S/C19H34N2/c1-4-17-12-20-18(3,5-2)13-21(17)19-9-14-6-15(10-19)8-16(7-14)11-19/h14-17,20H,4-13H2,1-3H3. The lowest BCUT2D eigenvalue weighted by Crippen LogP contribution is -2.71. The average molecular weight is 290 g/mol. The zero-order valence-corrected chi connectivity index (χ0v) is 14.3. The summed E-state index contributed by atoms with van der Waals surface area (Å²) in [7, 11) is 0. The third-order valence-corrected chi connectivity index (χ3v) is 7.59. The molecule has 1 aliphatic heterocycles. The summed E-state index contributed by atoms with van der Waals surface area (Å²) in [5.41, 5.74) is 0.933. The molecule has 120 valence electrons. The molecule has 2 atom stereocenters. The Kier molecular flexibility index (Phi) is 3.43. The topological polar surface area (TPSA) is 15.3 Å². The summed E-state index contributed by atoms with van der Waals surface area (Å²) in [6.45, 7) is 9.70. The smallest absolute Gasteiger partial charge is 0.0278 e. The van der Waals surface area contributed by atoms with Gasteiger partial charge >= 0.3 is 0 Å². The van der Waals surface area contributed by atoms with Crippen LogP contribution in [0, 0.1) is 17.8 Å². The van der Waals surface area contributed by atoms with Crippen molar-refractivity contribution in [1.82, 2.24) is 10.2 Å². The second kappa shape index (κ2) is 4.96. The predicted octanol–water partition coefficient (Wildman–Crippen LogP) is 3.81. The van der Waals surface area contributed by atoms with Gasteiger partial charge in [-0.2, -0.15) is 0 Å². The molecule has 1 N–H and O–H groups in total. The fourth-order valence-corrected chi connectivity index (χ4v) is 6.61. The number of hydrogen-bond donors (Lipinski definition) is 1. The van der Waals surface area contributed by atoms with E-state index in [4.69, 9.17) is 0 Å². The molecule has 5 aliphatic rings. The molecule has 5 rings (SSSR count). The third kappa shape index (κ3) is 2.28. The number of nitrogens with one attached hydrogen (secondary N) is 1. The first kappa shape index (κ1) is 14.5. The molecular weight excluding hydrogens is 256 g/mol. The first-order valence-corrected chi connectivity index (χ1v) is 9.57. The molecule has 0 aromatic carbocycles. The molecule has 2 heteroatoms. The molecule has 4 aliphatic carbocycles. The SMILES string of the molecule is CCC1CNC(C)(CC)CN1C12CC3CC(CC(C3)C1)C2. The van der Waals surface area contributed by atoms with Crippen LogP contribution >= 0.6 is 0 Å². The summed E-state index contributed by atoms with van der Waals surface area (Å²) in [5.74, 6) is 3.20. The molecule has 4 bridgehead atoms. The van der Waals surface area contributed by atoms with Crippen molar-refractivity contribution in [3.05, 3.63) is 0 Å². The van der Waals surface area contributed by atoms with Crippen LogP contribution in [0.4, 0.5) is 0 Å². The summed E-state index contributed by atoms with van der Waals surface area (Å²) in [5, 5.41) is 3.87. The van der Waals surface area contributed by atoms with Crippen LogP contribution in [0.15, 0.2) is 0 Å². The average Bonchev–Trinajstić information content (AvgIpc) is 2.46. The van der Waals surface area contributed by atoms with E-state index in [-0.39, 0.29) is 0 Å².